The van der Waals surface area contributed by atoms with Crippen molar-refractivity contribution in [3.8, 4) is 0 Å². The quantitative estimate of drug-likeness (QED) is 0.890. The number of piperidine rings is 2. The zero-order chi connectivity index (χ0) is 17.5. The maximum absolute atomic E-state index is 12.6. The van der Waals surface area contributed by atoms with Gasteiger partial charge in [-0.1, -0.05) is 30.3 Å². The summed E-state index contributed by atoms with van der Waals surface area (Å²) in [7, 11) is 0. The highest BCUT2D eigenvalue weighted by molar-refractivity contribution is 5.79. The summed E-state index contributed by atoms with van der Waals surface area (Å²) >= 11 is 0. The Kier molecular flexibility index (Phi) is 6.45. The van der Waals surface area contributed by atoms with Gasteiger partial charge in [0.25, 0.3) is 0 Å². The molecule has 0 aromatic heterocycles. The predicted octanol–water partition coefficient (Wildman–Crippen LogP) is 2.03. The maximum Gasteiger partial charge on any atom is 0.234 e. The minimum absolute atomic E-state index is 0.0599. The van der Waals surface area contributed by atoms with Crippen LogP contribution in [0.5, 0.6) is 0 Å². The molecule has 0 spiro atoms. The number of rotatable bonds is 5. The second-order valence-corrected chi connectivity index (χ2v) is 7.20. The monoisotopic (exact) mass is 343 g/mol. The molecule has 1 aromatic carbocycles. The first-order valence-corrected chi connectivity index (χ1v) is 9.54. The van der Waals surface area contributed by atoms with Gasteiger partial charge in [-0.25, -0.2) is 0 Å². The molecule has 136 valence electrons. The Balaban J connectivity index is 1.37. The van der Waals surface area contributed by atoms with Crippen LogP contribution in [-0.4, -0.2) is 54.3 Å². The number of benzene rings is 1. The van der Waals surface area contributed by atoms with Crippen LogP contribution in [0.25, 0.3) is 0 Å². The first-order chi connectivity index (χ1) is 12.2. The summed E-state index contributed by atoms with van der Waals surface area (Å²) in [5, 5.41) is 2.98. The zero-order valence-corrected chi connectivity index (χ0v) is 15.0. The van der Waals surface area contributed by atoms with Crippen molar-refractivity contribution in [2.45, 2.75) is 38.6 Å². The first kappa shape index (κ1) is 17.9. The molecular formula is C20H29N3O2. The van der Waals surface area contributed by atoms with Gasteiger partial charge in [0.2, 0.25) is 11.8 Å². The number of likely N-dealkylation sites (tertiary alicyclic amines) is 2. The maximum atomic E-state index is 12.6. The van der Waals surface area contributed by atoms with Gasteiger partial charge in [-0.3, -0.25) is 14.5 Å². The van der Waals surface area contributed by atoms with Gasteiger partial charge in [0.05, 0.1) is 6.54 Å². The summed E-state index contributed by atoms with van der Waals surface area (Å²) < 4.78 is 0. The molecule has 2 aliphatic rings. The normalized spacial score (nSPS) is 19.6. The molecule has 5 nitrogen and oxygen atoms in total. The van der Waals surface area contributed by atoms with Crippen LogP contribution in [0.3, 0.4) is 0 Å². The largest absolute Gasteiger partial charge is 0.351 e. The highest BCUT2D eigenvalue weighted by Crippen LogP contribution is 2.21. The number of carbonyl (C=O) groups excluding carboxylic acids is 2. The molecule has 0 bridgehead atoms. The molecule has 0 radical (unpaired) electrons. The van der Waals surface area contributed by atoms with Gasteiger partial charge >= 0.3 is 0 Å². The lowest BCUT2D eigenvalue weighted by Crippen LogP contribution is -2.46. The van der Waals surface area contributed by atoms with E-state index in [9.17, 15) is 9.59 Å². The van der Waals surface area contributed by atoms with Gasteiger partial charge in [-0.05, 0) is 50.8 Å². The van der Waals surface area contributed by atoms with Crippen LogP contribution < -0.4 is 5.32 Å². The van der Waals surface area contributed by atoms with E-state index >= 15 is 0 Å². The summed E-state index contributed by atoms with van der Waals surface area (Å²) in [6.45, 7) is 4.54. The lowest BCUT2D eigenvalue weighted by molar-refractivity contribution is -0.138. The number of nitrogens with one attached hydrogen (secondary N) is 1. The SMILES string of the molecule is O=C(CN1CCC(C(=O)N2CCCCC2)CC1)NCc1ccccc1. The molecule has 25 heavy (non-hydrogen) atoms. The van der Waals surface area contributed by atoms with Crippen molar-refractivity contribution >= 4 is 11.8 Å². The lowest BCUT2D eigenvalue weighted by atomic mass is 9.94. The van der Waals surface area contributed by atoms with E-state index in [1.54, 1.807) is 0 Å². The fourth-order valence-electron chi connectivity index (χ4n) is 3.77. The van der Waals surface area contributed by atoms with E-state index in [2.05, 4.69) is 15.1 Å². The molecule has 1 N–H and O–H groups in total. The Hall–Kier alpha value is -1.88. The van der Waals surface area contributed by atoms with Crippen LogP contribution in [0.1, 0.15) is 37.7 Å². The topological polar surface area (TPSA) is 52.7 Å². The Bertz CT molecular complexity index is 562. The standard InChI is InChI=1S/C20H29N3O2/c24-19(21-15-17-7-3-1-4-8-17)16-22-13-9-18(10-14-22)20(25)23-11-5-2-6-12-23/h1,3-4,7-8,18H,2,5-6,9-16H2,(H,21,24). The molecular weight excluding hydrogens is 314 g/mol. The van der Waals surface area contributed by atoms with Crippen molar-refractivity contribution in [1.29, 1.82) is 0 Å². The predicted molar refractivity (Wildman–Crippen MR) is 97.9 cm³/mol. The number of carbonyl (C=O) groups is 2. The molecule has 5 heteroatoms. The average molecular weight is 343 g/mol. The molecule has 2 saturated heterocycles. The van der Waals surface area contributed by atoms with Crippen molar-refractivity contribution in [2.24, 2.45) is 5.92 Å². The van der Waals surface area contributed by atoms with E-state index in [0.717, 1.165) is 57.4 Å². The Morgan fingerprint density at radius 3 is 2.32 bits per heavy atom. The summed E-state index contributed by atoms with van der Waals surface area (Å²) in [6.07, 6.45) is 5.29. The summed E-state index contributed by atoms with van der Waals surface area (Å²) in [5.41, 5.74) is 1.11. The molecule has 0 saturated carbocycles. The molecule has 0 unspecified atom stereocenters. The van der Waals surface area contributed by atoms with Crippen LogP contribution in [-0.2, 0) is 16.1 Å². The van der Waals surface area contributed by atoms with Gasteiger partial charge in [-0.2, -0.15) is 0 Å². The van der Waals surface area contributed by atoms with Crippen LogP contribution in [0.2, 0.25) is 0 Å². The van der Waals surface area contributed by atoms with Crippen LogP contribution >= 0.6 is 0 Å². The van der Waals surface area contributed by atoms with Crippen LogP contribution in [0.4, 0.5) is 0 Å². The van der Waals surface area contributed by atoms with E-state index in [1.807, 2.05) is 30.3 Å². The number of nitrogens with zero attached hydrogens (tertiary/aromatic N) is 2. The zero-order valence-electron chi connectivity index (χ0n) is 15.0. The highest BCUT2D eigenvalue weighted by Gasteiger charge is 2.29. The van der Waals surface area contributed by atoms with Crippen molar-refractivity contribution in [3.05, 3.63) is 35.9 Å². The summed E-state index contributed by atoms with van der Waals surface area (Å²) in [5.74, 6) is 0.555. The molecule has 2 fully saturated rings. The van der Waals surface area contributed by atoms with E-state index in [-0.39, 0.29) is 11.8 Å². The Labute approximate surface area is 150 Å². The molecule has 1 aromatic rings. The second kappa shape index (κ2) is 8.99. The van der Waals surface area contributed by atoms with Gasteiger partial charge in [0, 0.05) is 25.6 Å². The number of hydrogen-bond donors (Lipinski definition) is 1. The van der Waals surface area contributed by atoms with E-state index in [4.69, 9.17) is 0 Å². The molecule has 3 rings (SSSR count). The summed E-state index contributed by atoms with van der Waals surface area (Å²) in [6, 6.07) is 9.95. The smallest absolute Gasteiger partial charge is 0.234 e. The van der Waals surface area contributed by atoms with E-state index < -0.39 is 0 Å². The van der Waals surface area contributed by atoms with Crippen LogP contribution in [0.15, 0.2) is 30.3 Å². The van der Waals surface area contributed by atoms with Crippen molar-refractivity contribution in [3.63, 3.8) is 0 Å². The molecule has 0 aliphatic carbocycles. The fraction of sp³-hybridized carbons (Fsp3) is 0.600. The summed E-state index contributed by atoms with van der Waals surface area (Å²) in [4.78, 5) is 28.9. The lowest BCUT2D eigenvalue weighted by Gasteiger charge is -2.35. The van der Waals surface area contributed by atoms with Gasteiger partial charge in [0.15, 0.2) is 0 Å². The minimum Gasteiger partial charge on any atom is -0.351 e. The van der Waals surface area contributed by atoms with Crippen molar-refractivity contribution in [1.82, 2.24) is 15.1 Å². The van der Waals surface area contributed by atoms with Crippen molar-refractivity contribution in [2.75, 3.05) is 32.7 Å². The molecule has 2 heterocycles. The average Bonchev–Trinajstić information content (AvgIpc) is 2.68. The third-order valence-electron chi connectivity index (χ3n) is 5.30. The van der Waals surface area contributed by atoms with Gasteiger partial charge < -0.3 is 10.2 Å². The third kappa shape index (κ3) is 5.30. The molecule has 2 amide bonds. The van der Waals surface area contributed by atoms with E-state index in [1.165, 1.54) is 6.42 Å². The second-order valence-electron chi connectivity index (χ2n) is 7.20. The van der Waals surface area contributed by atoms with E-state index in [0.29, 0.717) is 19.0 Å². The Morgan fingerprint density at radius 2 is 1.64 bits per heavy atom. The Morgan fingerprint density at radius 1 is 0.960 bits per heavy atom. The minimum atomic E-state index is 0.0599. The first-order valence-electron chi connectivity index (χ1n) is 9.54. The third-order valence-corrected chi connectivity index (χ3v) is 5.30. The molecule has 2 aliphatic heterocycles. The molecule has 0 atom stereocenters. The highest BCUT2D eigenvalue weighted by atomic mass is 16.2. The fourth-order valence-corrected chi connectivity index (χ4v) is 3.77. The number of amides is 2. The van der Waals surface area contributed by atoms with Crippen LogP contribution in [0, 0.1) is 5.92 Å². The van der Waals surface area contributed by atoms with Gasteiger partial charge in [0.1, 0.15) is 0 Å². The van der Waals surface area contributed by atoms with Crippen molar-refractivity contribution < 1.29 is 9.59 Å². The van der Waals surface area contributed by atoms with Gasteiger partial charge in [-0.15, -0.1) is 0 Å². The number of hydrogen-bond acceptors (Lipinski definition) is 3.